The van der Waals surface area contributed by atoms with Gasteiger partial charge in [0.05, 0.1) is 10.6 Å². The Kier molecular flexibility index (Phi) is 11.6. The smallest absolute Gasteiger partial charge is 0.264 e. The van der Waals surface area contributed by atoms with E-state index in [9.17, 15) is 22.4 Å². The summed E-state index contributed by atoms with van der Waals surface area (Å²) >= 11 is 12.7. The van der Waals surface area contributed by atoms with Gasteiger partial charge in [0.15, 0.2) is 0 Å². The van der Waals surface area contributed by atoms with Gasteiger partial charge in [-0.3, -0.25) is 13.9 Å². The van der Waals surface area contributed by atoms with Gasteiger partial charge < -0.3 is 10.2 Å². The highest BCUT2D eigenvalue weighted by molar-refractivity contribution is 7.92. The normalized spacial score (nSPS) is 12.6. The fourth-order valence-electron chi connectivity index (χ4n) is 4.69. The molecule has 4 aromatic carbocycles. The summed E-state index contributed by atoms with van der Waals surface area (Å²) < 4.78 is 42.6. The molecule has 4 aromatic rings. The number of hydrogen-bond acceptors (Lipinski definition) is 4. The number of anilines is 1. The zero-order valence-corrected chi connectivity index (χ0v) is 27.2. The number of amides is 2. The average molecular weight is 671 g/mol. The number of hydrogen-bond donors (Lipinski definition) is 1. The van der Waals surface area contributed by atoms with Crippen molar-refractivity contribution in [2.45, 2.75) is 50.2 Å². The summed E-state index contributed by atoms with van der Waals surface area (Å²) in [5, 5.41) is 3.68. The van der Waals surface area contributed by atoms with Crippen LogP contribution in [0.1, 0.15) is 31.4 Å². The van der Waals surface area contributed by atoms with Crippen LogP contribution in [0.3, 0.4) is 0 Å². The molecule has 0 bridgehead atoms. The highest BCUT2D eigenvalue weighted by Gasteiger charge is 2.35. The lowest BCUT2D eigenvalue weighted by Gasteiger charge is -2.34. The van der Waals surface area contributed by atoms with Gasteiger partial charge in [-0.05, 0) is 73.0 Å². The van der Waals surface area contributed by atoms with Gasteiger partial charge in [-0.1, -0.05) is 84.7 Å². The first kappa shape index (κ1) is 34.0. The number of benzene rings is 4. The number of sulfonamides is 1. The zero-order valence-electron chi connectivity index (χ0n) is 24.9. The first-order valence-corrected chi connectivity index (χ1v) is 16.6. The molecule has 7 nitrogen and oxygen atoms in total. The van der Waals surface area contributed by atoms with E-state index in [4.69, 9.17) is 23.2 Å². The maximum Gasteiger partial charge on any atom is 0.264 e. The van der Waals surface area contributed by atoms with Crippen LogP contribution >= 0.6 is 23.2 Å². The highest BCUT2D eigenvalue weighted by atomic mass is 35.5. The minimum Gasteiger partial charge on any atom is -0.352 e. The zero-order chi connectivity index (χ0) is 32.6. The number of carbonyl (C=O) groups is 2. The second-order valence-corrected chi connectivity index (χ2v) is 13.3. The number of carbonyl (C=O) groups excluding carboxylic acids is 2. The third-order valence-corrected chi connectivity index (χ3v) is 9.73. The van der Waals surface area contributed by atoms with Crippen LogP contribution in [0.4, 0.5) is 10.1 Å². The summed E-state index contributed by atoms with van der Waals surface area (Å²) in [6.07, 6.45) is 0.828. The van der Waals surface area contributed by atoms with Crippen molar-refractivity contribution in [3.05, 3.63) is 130 Å². The molecule has 2 amide bonds. The lowest BCUT2D eigenvalue weighted by Crippen LogP contribution is -2.54. The van der Waals surface area contributed by atoms with Gasteiger partial charge in [0.25, 0.3) is 10.0 Å². The minimum absolute atomic E-state index is 0.0977. The molecule has 0 aliphatic heterocycles. The summed E-state index contributed by atoms with van der Waals surface area (Å²) in [6.45, 7) is 3.06. The Bertz CT molecular complexity index is 1710. The lowest BCUT2D eigenvalue weighted by molar-refractivity contribution is -0.140. The van der Waals surface area contributed by atoms with Crippen molar-refractivity contribution >= 4 is 50.7 Å². The highest BCUT2D eigenvalue weighted by Crippen LogP contribution is 2.27. The molecule has 236 valence electrons. The quantitative estimate of drug-likeness (QED) is 0.168. The molecule has 0 radical (unpaired) electrons. The number of halogens is 3. The maximum atomic E-state index is 14.4. The molecule has 0 saturated carbocycles. The molecule has 0 spiro atoms. The van der Waals surface area contributed by atoms with Crippen molar-refractivity contribution in [3.63, 3.8) is 0 Å². The van der Waals surface area contributed by atoms with Crippen LogP contribution in [0.5, 0.6) is 0 Å². The Hall–Kier alpha value is -3.92. The lowest BCUT2D eigenvalue weighted by atomic mass is 10.0. The van der Waals surface area contributed by atoms with E-state index in [-0.39, 0.29) is 35.5 Å². The predicted molar refractivity (Wildman–Crippen MR) is 176 cm³/mol. The van der Waals surface area contributed by atoms with Crippen LogP contribution in [-0.4, -0.2) is 43.8 Å². The Morgan fingerprint density at radius 3 is 2.11 bits per heavy atom. The molecule has 4 rings (SSSR count). The van der Waals surface area contributed by atoms with Crippen LogP contribution in [0.15, 0.2) is 108 Å². The average Bonchev–Trinajstić information content (AvgIpc) is 3.03. The van der Waals surface area contributed by atoms with E-state index in [0.717, 1.165) is 34.1 Å². The monoisotopic (exact) mass is 669 g/mol. The predicted octanol–water partition coefficient (Wildman–Crippen LogP) is 6.88. The Morgan fingerprint density at radius 1 is 0.889 bits per heavy atom. The van der Waals surface area contributed by atoms with Crippen molar-refractivity contribution < 1.29 is 22.4 Å². The van der Waals surface area contributed by atoms with Crippen molar-refractivity contribution in [1.29, 1.82) is 0 Å². The van der Waals surface area contributed by atoms with E-state index < -0.39 is 34.3 Å². The van der Waals surface area contributed by atoms with E-state index >= 15 is 0 Å². The summed E-state index contributed by atoms with van der Waals surface area (Å²) in [5.41, 5.74) is 1.56. The Labute approximate surface area is 273 Å². The largest absolute Gasteiger partial charge is 0.352 e. The van der Waals surface area contributed by atoms with Crippen LogP contribution in [0.2, 0.25) is 10.0 Å². The Balaban J connectivity index is 1.81. The molecule has 11 heteroatoms. The van der Waals surface area contributed by atoms with Crippen LogP contribution in [0, 0.1) is 5.82 Å². The van der Waals surface area contributed by atoms with Gasteiger partial charge in [0, 0.05) is 29.1 Å². The Morgan fingerprint density at radius 2 is 1.51 bits per heavy atom. The van der Waals surface area contributed by atoms with E-state index in [1.54, 1.807) is 48.5 Å². The molecule has 0 fully saturated rings. The minimum atomic E-state index is -4.34. The number of rotatable bonds is 13. The van der Waals surface area contributed by atoms with Crippen molar-refractivity contribution in [1.82, 2.24) is 10.2 Å². The van der Waals surface area contributed by atoms with Crippen molar-refractivity contribution in [2.75, 3.05) is 10.8 Å². The maximum absolute atomic E-state index is 14.4. The first-order chi connectivity index (χ1) is 21.5. The van der Waals surface area contributed by atoms with Gasteiger partial charge in [-0.25, -0.2) is 12.8 Å². The van der Waals surface area contributed by atoms with Crippen LogP contribution in [-0.2, 0) is 32.6 Å². The molecular formula is C34H34Cl2FN3O4S. The number of para-hydroxylation sites is 1. The fraction of sp³-hybridized carbons (Fsp3) is 0.235. The van der Waals surface area contributed by atoms with E-state index in [1.807, 2.05) is 44.2 Å². The van der Waals surface area contributed by atoms with Gasteiger partial charge >= 0.3 is 0 Å². The molecule has 0 aliphatic rings. The van der Waals surface area contributed by atoms with Gasteiger partial charge in [0.2, 0.25) is 11.8 Å². The number of nitrogens with zero attached hydrogens (tertiary/aromatic N) is 2. The van der Waals surface area contributed by atoms with Crippen LogP contribution in [0.25, 0.3) is 0 Å². The molecule has 2 atom stereocenters. The summed E-state index contributed by atoms with van der Waals surface area (Å²) in [7, 11) is -4.34. The SMILES string of the molecule is CCC(C)NC(=O)C(Cc1ccccc1)N(Cc1ccc(Cl)cc1Cl)C(=O)CN(c1ccccc1)S(=O)(=O)c1ccc(F)cc1. The second-order valence-electron chi connectivity index (χ2n) is 10.6. The molecule has 0 aromatic heterocycles. The molecule has 0 aliphatic carbocycles. The summed E-state index contributed by atoms with van der Waals surface area (Å²) in [5.74, 6) is -1.63. The molecule has 0 heterocycles. The van der Waals surface area contributed by atoms with E-state index in [0.29, 0.717) is 22.0 Å². The van der Waals surface area contributed by atoms with Crippen molar-refractivity contribution in [2.24, 2.45) is 0 Å². The topological polar surface area (TPSA) is 86.8 Å². The second kappa shape index (κ2) is 15.4. The molecule has 1 N–H and O–H groups in total. The molecular weight excluding hydrogens is 636 g/mol. The van der Waals surface area contributed by atoms with Gasteiger partial charge in [-0.15, -0.1) is 0 Å². The van der Waals surface area contributed by atoms with E-state index in [1.165, 1.54) is 4.90 Å². The number of nitrogens with one attached hydrogen (secondary N) is 1. The standard InChI is InChI=1S/C34H34Cl2FN3O4S/c1-3-24(2)38-34(42)32(20-25-10-6-4-7-11-25)39(22-26-14-15-27(35)21-31(26)36)33(41)23-40(29-12-8-5-9-13-29)45(43,44)30-18-16-28(37)17-19-30/h4-19,21,24,32H,3,20,22-23H2,1-2H3,(H,38,42). The summed E-state index contributed by atoms with van der Waals surface area (Å²) in [6, 6.07) is 25.4. The van der Waals surface area contributed by atoms with E-state index in [2.05, 4.69) is 5.32 Å². The van der Waals surface area contributed by atoms with Gasteiger partial charge in [-0.2, -0.15) is 0 Å². The summed E-state index contributed by atoms with van der Waals surface area (Å²) in [4.78, 5) is 29.5. The molecule has 0 saturated heterocycles. The van der Waals surface area contributed by atoms with Crippen LogP contribution < -0.4 is 9.62 Å². The first-order valence-electron chi connectivity index (χ1n) is 14.4. The third kappa shape index (κ3) is 8.84. The fourth-order valence-corrected chi connectivity index (χ4v) is 6.57. The third-order valence-electron chi connectivity index (χ3n) is 7.35. The molecule has 2 unspecified atom stereocenters. The van der Waals surface area contributed by atoms with Crippen molar-refractivity contribution in [3.8, 4) is 0 Å². The van der Waals surface area contributed by atoms with Gasteiger partial charge in [0.1, 0.15) is 18.4 Å². The molecule has 45 heavy (non-hydrogen) atoms.